The molecule has 0 aliphatic rings. The van der Waals surface area contributed by atoms with Gasteiger partial charge in [-0.05, 0) is 18.6 Å². The second-order valence-electron chi connectivity index (χ2n) is 5.38. The minimum absolute atomic E-state index is 0.0272. The average Bonchev–Trinajstić information content (AvgIpc) is 2.66. The van der Waals surface area contributed by atoms with Crippen LogP contribution in [0, 0.1) is 10.1 Å². The SMILES string of the molecule is CCc1ccc(/C=N\NC(=O)CNc2cccc(OC)c2)cc1[N+](=O)[O-]. The summed E-state index contributed by atoms with van der Waals surface area (Å²) in [6.07, 6.45) is 1.94. The van der Waals surface area contributed by atoms with Crippen molar-refractivity contribution in [3.8, 4) is 5.75 Å². The number of benzene rings is 2. The van der Waals surface area contributed by atoms with Crippen molar-refractivity contribution in [1.82, 2.24) is 5.43 Å². The van der Waals surface area contributed by atoms with Gasteiger partial charge in [-0.3, -0.25) is 14.9 Å². The van der Waals surface area contributed by atoms with Crippen molar-refractivity contribution in [2.75, 3.05) is 19.0 Å². The molecule has 2 N–H and O–H groups in total. The van der Waals surface area contributed by atoms with E-state index in [1.54, 1.807) is 31.4 Å². The smallest absolute Gasteiger partial charge is 0.273 e. The van der Waals surface area contributed by atoms with Crippen LogP contribution in [0.25, 0.3) is 0 Å². The topological polar surface area (TPSA) is 106 Å². The molecular weight excluding hydrogens is 336 g/mol. The second kappa shape index (κ2) is 9.16. The summed E-state index contributed by atoms with van der Waals surface area (Å²) in [7, 11) is 1.57. The molecule has 0 saturated heterocycles. The van der Waals surface area contributed by atoms with Gasteiger partial charge in [0.25, 0.3) is 11.6 Å². The van der Waals surface area contributed by atoms with Crippen LogP contribution >= 0.6 is 0 Å². The third kappa shape index (κ3) is 5.30. The molecule has 0 unspecified atom stereocenters. The van der Waals surface area contributed by atoms with Crippen LogP contribution in [-0.4, -0.2) is 30.7 Å². The molecule has 8 heteroatoms. The zero-order chi connectivity index (χ0) is 18.9. The van der Waals surface area contributed by atoms with Crippen LogP contribution < -0.4 is 15.5 Å². The van der Waals surface area contributed by atoms with Crippen LogP contribution in [0.5, 0.6) is 5.75 Å². The summed E-state index contributed by atoms with van der Waals surface area (Å²) < 4.78 is 5.11. The first-order chi connectivity index (χ1) is 12.5. The summed E-state index contributed by atoms with van der Waals surface area (Å²) >= 11 is 0. The zero-order valence-electron chi connectivity index (χ0n) is 14.6. The summed E-state index contributed by atoms with van der Waals surface area (Å²) in [5, 5.41) is 17.8. The first kappa shape index (κ1) is 18.9. The van der Waals surface area contributed by atoms with E-state index in [-0.39, 0.29) is 18.1 Å². The Morgan fingerprint density at radius 1 is 1.31 bits per heavy atom. The van der Waals surface area contributed by atoms with Crippen molar-refractivity contribution in [2.24, 2.45) is 5.10 Å². The molecule has 26 heavy (non-hydrogen) atoms. The molecular formula is C18H20N4O4. The molecule has 2 aromatic rings. The Bertz CT molecular complexity index is 821. The van der Waals surface area contributed by atoms with Gasteiger partial charge in [0, 0.05) is 28.9 Å². The van der Waals surface area contributed by atoms with Crippen LogP contribution in [0.1, 0.15) is 18.1 Å². The fourth-order valence-corrected chi connectivity index (χ4v) is 2.26. The molecule has 0 radical (unpaired) electrons. The standard InChI is InChI=1S/C18H20N4O4/c1-3-14-8-7-13(9-17(14)22(24)25)11-20-21-18(23)12-19-15-5-4-6-16(10-15)26-2/h4-11,19H,3,12H2,1-2H3,(H,21,23)/b20-11-. The van der Waals surface area contributed by atoms with E-state index in [1.165, 1.54) is 12.3 Å². The number of methoxy groups -OCH3 is 1. The van der Waals surface area contributed by atoms with Crippen molar-refractivity contribution in [3.63, 3.8) is 0 Å². The molecule has 0 bridgehead atoms. The number of hydrogen-bond donors (Lipinski definition) is 2. The summed E-state index contributed by atoms with van der Waals surface area (Å²) in [4.78, 5) is 22.4. The zero-order valence-corrected chi connectivity index (χ0v) is 14.6. The molecule has 0 aromatic heterocycles. The van der Waals surface area contributed by atoms with E-state index in [9.17, 15) is 14.9 Å². The van der Waals surface area contributed by atoms with Gasteiger partial charge in [-0.25, -0.2) is 5.43 Å². The molecule has 1 amide bonds. The van der Waals surface area contributed by atoms with Gasteiger partial charge in [0.1, 0.15) is 5.75 Å². The second-order valence-corrected chi connectivity index (χ2v) is 5.38. The molecule has 0 aliphatic heterocycles. The van der Waals surface area contributed by atoms with Crippen molar-refractivity contribution in [1.29, 1.82) is 0 Å². The van der Waals surface area contributed by atoms with E-state index in [4.69, 9.17) is 4.74 Å². The number of nitrogens with zero attached hydrogens (tertiary/aromatic N) is 2. The Labute approximate surface area is 151 Å². The Kier molecular flexibility index (Phi) is 6.67. The predicted octanol–water partition coefficient (Wildman–Crippen LogP) is 2.73. The number of nitrogens with one attached hydrogen (secondary N) is 2. The van der Waals surface area contributed by atoms with Gasteiger partial charge in [-0.15, -0.1) is 0 Å². The Hall–Kier alpha value is -3.42. The first-order valence-corrected chi connectivity index (χ1v) is 8.00. The van der Waals surface area contributed by atoms with Gasteiger partial charge in [0.15, 0.2) is 0 Å². The van der Waals surface area contributed by atoms with Gasteiger partial charge in [0.05, 0.1) is 24.8 Å². The molecule has 0 fully saturated rings. The third-order valence-corrected chi connectivity index (χ3v) is 3.61. The normalized spacial score (nSPS) is 10.5. The third-order valence-electron chi connectivity index (χ3n) is 3.61. The number of nitro groups is 1. The summed E-state index contributed by atoms with van der Waals surface area (Å²) in [5.74, 6) is 0.342. The number of ether oxygens (including phenoxy) is 1. The number of nitro benzene ring substituents is 1. The number of hydrogen-bond acceptors (Lipinski definition) is 6. The Morgan fingerprint density at radius 2 is 2.12 bits per heavy atom. The van der Waals surface area contributed by atoms with Crippen molar-refractivity contribution in [3.05, 3.63) is 63.7 Å². The summed E-state index contributed by atoms with van der Waals surface area (Å²) in [5.41, 5.74) is 4.35. The lowest BCUT2D eigenvalue weighted by Crippen LogP contribution is -2.25. The van der Waals surface area contributed by atoms with Gasteiger partial charge >= 0.3 is 0 Å². The summed E-state index contributed by atoms with van der Waals surface area (Å²) in [6, 6.07) is 12.0. The van der Waals surface area contributed by atoms with Crippen LogP contribution in [-0.2, 0) is 11.2 Å². The maximum atomic E-state index is 11.8. The van der Waals surface area contributed by atoms with E-state index in [0.29, 0.717) is 23.3 Å². The number of carbonyl (C=O) groups is 1. The lowest BCUT2D eigenvalue weighted by atomic mass is 10.1. The highest BCUT2D eigenvalue weighted by Crippen LogP contribution is 2.20. The first-order valence-electron chi connectivity index (χ1n) is 8.00. The van der Waals surface area contributed by atoms with Gasteiger partial charge < -0.3 is 10.1 Å². The highest BCUT2D eigenvalue weighted by Gasteiger charge is 2.12. The highest BCUT2D eigenvalue weighted by molar-refractivity contribution is 5.85. The van der Waals surface area contributed by atoms with E-state index < -0.39 is 4.92 Å². The molecule has 0 aliphatic carbocycles. The van der Waals surface area contributed by atoms with Crippen LogP contribution in [0.3, 0.4) is 0 Å². The van der Waals surface area contributed by atoms with E-state index in [2.05, 4.69) is 15.8 Å². The van der Waals surface area contributed by atoms with E-state index in [1.807, 2.05) is 19.1 Å². The average molecular weight is 356 g/mol. The number of amides is 1. The van der Waals surface area contributed by atoms with Gasteiger partial charge in [-0.1, -0.05) is 25.1 Å². The molecule has 8 nitrogen and oxygen atoms in total. The van der Waals surface area contributed by atoms with Gasteiger partial charge in [0.2, 0.25) is 0 Å². The molecule has 0 heterocycles. The lowest BCUT2D eigenvalue weighted by molar-refractivity contribution is -0.385. The number of anilines is 1. The maximum absolute atomic E-state index is 11.8. The number of rotatable bonds is 8. The molecule has 2 rings (SSSR count). The van der Waals surface area contributed by atoms with E-state index >= 15 is 0 Å². The molecule has 0 spiro atoms. The van der Waals surface area contributed by atoms with Crippen LogP contribution in [0.2, 0.25) is 0 Å². The predicted molar refractivity (Wildman–Crippen MR) is 99.7 cm³/mol. The summed E-state index contributed by atoms with van der Waals surface area (Å²) in [6.45, 7) is 1.88. The fourth-order valence-electron chi connectivity index (χ4n) is 2.26. The largest absolute Gasteiger partial charge is 0.497 e. The fraction of sp³-hybridized carbons (Fsp3) is 0.222. The van der Waals surface area contributed by atoms with Gasteiger partial charge in [-0.2, -0.15) is 5.10 Å². The number of carbonyl (C=O) groups excluding carboxylic acids is 1. The Balaban J connectivity index is 1.90. The van der Waals surface area contributed by atoms with Crippen LogP contribution in [0.4, 0.5) is 11.4 Å². The maximum Gasteiger partial charge on any atom is 0.273 e. The monoisotopic (exact) mass is 356 g/mol. The molecule has 136 valence electrons. The quantitative estimate of drug-likeness (QED) is 0.430. The van der Waals surface area contributed by atoms with Crippen molar-refractivity contribution in [2.45, 2.75) is 13.3 Å². The number of hydrazone groups is 1. The molecule has 2 aromatic carbocycles. The molecule has 0 saturated carbocycles. The van der Waals surface area contributed by atoms with Crippen molar-refractivity contribution >= 4 is 23.5 Å². The minimum Gasteiger partial charge on any atom is -0.497 e. The van der Waals surface area contributed by atoms with Crippen molar-refractivity contribution < 1.29 is 14.5 Å². The lowest BCUT2D eigenvalue weighted by Gasteiger charge is -2.07. The van der Waals surface area contributed by atoms with Crippen LogP contribution in [0.15, 0.2) is 47.6 Å². The van der Waals surface area contributed by atoms with E-state index in [0.717, 1.165) is 5.69 Å². The minimum atomic E-state index is -0.424. The Morgan fingerprint density at radius 3 is 2.81 bits per heavy atom. The molecule has 0 atom stereocenters. The highest BCUT2D eigenvalue weighted by atomic mass is 16.6. The number of aryl methyl sites for hydroxylation is 1.